The number of quaternary nitrogens is 1. The van der Waals surface area contributed by atoms with Gasteiger partial charge in [0.25, 0.3) is 0 Å². The number of benzene rings is 1. The van der Waals surface area contributed by atoms with Gasteiger partial charge in [-0.25, -0.2) is 0 Å². The van der Waals surface area contributed by atoms with E-state index in [1.54, 1.807) is 0 Å². The van der Waals surface area contributed by atoms with Gasteiger partial charge >= 0.3 is 0 Å². The molecule has 3 nitrogen and oxygen atoms in total. The van der Waals surface area contributed by atoms with Crippen molar-refractivity contribution in [3.8, 4) is 11.5 Å². The molecule has 0 aliphatic rings. The lowest BCUT2D eigenvalue weighted by atomic mass is 10.0. The van der Waals surface area contributed by atoms with Gasteiger partial charge in [0.05, 0.1) is 19.8 Å². The summed E-state index contributed by atoms with van der Waals surface area (Å²) in [4.78, 5) is 0. The Morgan fingerprint density at radius 3 is 2.31 bits per heavy atom. The summed E-state index contributed by atoms with van der Waals surface area (Å²) in [7, 11) is 0. The average molecular weight is 224 g/mol. The molecule has 0 fully saturated rings. The van der Waals surface area contributed by atoms with Crippen LogP contribution in [0.3, 0.4) is 0 Å². The van der Waals surface area contributed by atoms with Gasteiger partial charge in [0.2, 0.25) is 0 Å². The molecule has 1 rings (SSSR count). The van der Waals surface area contributed by atoms with Crippen LogP contribution in [0, 0.1) is 0 Å². The number of hydrogen-bond donors (Lipinski definition) is 1. The molecule has 0 aliphatic heterocycles. The summed E-state index contributed by atoms with van der Waals surface area (Å²) in [6, 6.07) is 6.13. The van der Waals surface area contributed by atoms with Crippen LogP contribution in [0.4, 0.5) is 0 Å². The van der Waals surface area contributed by atoms with Crippen LogP contribution in [-0.2, 0) is 0 Å². The highest BCUT2D eigenvalue weighted by Gasteiger charge is 2.10. The standard InChI is InChI=1S/C13H21NO2/c1-4-15-12-7-6-11(10(3)9-14)8-13(12)16-5-2/h6-8,10H,4-5,9,14H2,1-3H3/p+1/t10-/m0/s1. The number of ether oxygens (including phenoxy) is 2. The van der Waals surface area contributed by atoms with Crippen molar-refractivity contribution >= 4 is 0 Å². The third-order valence-electron chi connectivity index (χ3n) is 2.57. The Balaban J connectivity index is 2.96. The summed E-state index contributed by atoms with van der Waals surface area (Å²) in [5.41, 5.74) is 5.18. The Kier molecular flexibility index (Phi) is 5.12. The van der Waals surface area contributed by atoms with E-state index in [2.05, 4.69) is 24.8 Å². The van der Waals surface area contributed by atoms with Gasteiger partial charge in [0.15, 0.2) is 11.5 Å². The van der Waals surface area contributed by atoms with E-state index < -0.39 is 0 Å². The van der Waals surface area contributed by atoms with Crippen molar-refractivity contribution in [1.82, 2.24) is 0 Å². The molecule has 0 radical (unpaired) electrons. The highest BCUT2D eigenvalue weighted by molar-refractivity contribution is 5.44. The molecular formula is C13H22NO2+. The minimum absolute atomic E-state index is 0.454. The van der Waals surface area contributed by atoms with Crippen LogP contribution in [0.2, 0.25) is 0 Å². The smallest absolute Gasteiger partial charge is 0.161 e. The van der Waals surface area contributed by atoms with E-state index in [9.17, 15) is 0 Å². The van der Waals surface area contributed by atoms with Crippen LogP contribution in [0.15, 0.2) is 18.2 Å². The predicted octanol–water partition coefficient (Wildman–Crippen LogP) is 1.83. The van der Waals surface area contributed by atoms with Gasteiger partial charge in [-0.1, -0.05) is 13.0 Å². The molecule has 1 atom stereocenters. The van der Waals surface area contributed by atoms with E-state index in [1.807, 2.05) is 19.9 Å². The maximum Gasteiger partial charge on any atom is 0.161 e. The molecule has 3 N–H and O–H groups in total. The zero-order chi connectivity index (χ0) is 12.0. The molecule has 3 heteroatoms. The first-order chi connectivity index (χ1) is 7.72. The number of rotatable bonds is 6. The molecular weight excluding hydrogens is 202 g/mol. The van der Waals surface area contributed by atoms with Crippen molar-refractivity contribution in [1.29, 1.82) is 0 Å². The quantitative estimate of drug-likeness (QED) is 0.801. The van der Waals surface area contributed by atoms with Gasteiger partial charge in [-0.05, 0) is 31.5 Å². The first kappa shape index (κ1) is 12.8. The van der Waals surface area contributed by atoms with Gasteiger partial charge in [-0.2, -0.15) is 0 Å². The molecule has 0 heterocycles. The minimum atomic E-state index is 0.454. The van der Waals surface area contributed by atoms with Crippen LogP contribution in [0.5, 0.6) is 11.5 Å². The second-order valence-electron chi connectivity index (χ2n) is 3.76. The second kappa shape index (κ2) is 6.38. The maximum atomic E-state index is 5.58. The molecule has 0 saturated carbocycles. The first-order valence-electron chi connectivity index (χ1n) is 5.91. The zero-order valence-corrected chi connectivity index (χ0v) is 10.5. The van der Waals surface area contributed by atoms with Gasteiger partial charge in [-0.3, -0.25) is 0 Å². The second-order valence-corrected chi connectivity index (χ2v) is 3.76. The first-order valence-corrected chi connectivity index (χ1v) is 5.91. The molecule has 1 aromatic carbocycles. The molecule has 90 valence electrons. The monoisotopic (exact) mass is 224 g/mol. The summed E-state index contributed by atoms with van der Waals surface area (Å²) < 4.78 is 11.1. The van der Waals surface area contributed by atoms with Gasteiger partial charge < -0.3 is 15.2 Å². The van der Waals surface area contributed by atoms with Crippen molar-refractivity contribution < 1.29 is 15.2 Å². The lowest BCUT2D eigenvalue weighted by Crippen LogP contribution is -2.52. The summed E-state index contributed by atoms with van der Waals surface area (Å²) in [6.45, 7) is 8.32. The van der Waals surface area contributed by atoms with Crippen molar-refractivity contribution in [2.45, 2.75) is 26.7 Å². The topological polar surface area (TPSA) is 46.1 Å². The molecule has 0 aromatic heterocycles. The molecule has 0 aliphatic carbocycles. The van der Waals surface area contributed by atoms with Crippen molar-refractivity contribution in [2.24, 2.45) is 0 Å². The SMILES string of the molecule is CCOc1ccc([C@@H](C)C[NH3+])cc1OCC. The Morgan fingerprint density at radius 2 is 1.75 bits per heavy atom. The highest BCUT2D eigenvalue weighted by Crippen LogP contribution is 2.30. The normalized spacial score (nSPS) is 12.2. The van der Waals surface area contributed by atoms with E-state index in [-0.39, 0.29) is 0 Å². The summed E-state index contributed by atoms with van der Waals surface area (Å²) in [6.07, 6.45) is 0. The Hall–Kier alpha value is -1.22. The fourth-order valence-corrected chi connectivity index (χ4v) is 1.54. The van der Waals surface area contributed by atoms with Crippen LogP contribution in [0.25, 0.3) is 0 Å². The van der Waals surface area contributed by atoms with Gasteiger partial charge in [0.1, 0.15) is 0 Å². The average Bonchev–Trinajstić information content (AvgIpc) is 2.31. The number of hydrogen-bond acceptors (Lipinski definition) is 2. The molecule has 1 aromatic rings. The van der Waals surface area contributed by atoms with E-state index >= 15 is 0 Å². The Morgan fingerprint density at radius 1 is 1.12 bits per heavy atom. The zero-order valence-electron chi connectivity index (χ0n) is 10.5. The lowest BCUT2D eigenvalue weighted by molar-refractivity contribution is -0.371. The van der Waals surface area contributed by atoms with E-state index in [0.717, 1.165) is 18.0 Å². The summed E-state index contributed by atoms with van der Waals surface area (Å²) >= 11 is 0. The van der Waals surface area contributed by atoms with E-state index in [0.29, 0.717) is 19.1 Å². The highest BCUT2D eigenvalue weighted by atomic mass is 16.5. The van der Waals surface area contributed by atoms with Crippen molar-refractivity contribution in [3.05, 3.63) is 23.8 Å². The third-order valence-corrected chi connectivity index (χ3v) is 2.57. The predicted molar refractivity (Wildman–Crippen MR) is 65.0 cm³/mol. The molecule has 0 bridgehead atoms. The Bertz CT molecular complexity index is 326. The molecule has 0 amide bonds. The third kappa shape index (κ3) is 3.14. The summed E-state index contributed by atoms with van der Waals surface area (Å²) in [5.74, 6) is 2.11. The van der Waals surface area contributed by atoms with Crippen molar-refractivity contribution in [2.75, 3.05) is 19.8 Å². The van der Waals surface area contributed by atoms with Crippen LogP contribution in [-0.4, -0.2) is 19.8 Å². The fraction of sp³-hybridized carbons (Fsp3) is 0.538. The van der Waals surface area contributed by atoms with Gasteiger partial charge in [0, 0.05) is 5.92 Å². The molecule has 0 unspecified atom stereocenters. The van der Waals surface area contributed by atoms with Crippen LogP contribution in [0.1, 0.15) is 32.3 Å². The van der Waals surface area contributed by atoms with Gasteiger partial charge in [-0.15, -0.1) is 0 Å². The van der Waals surface area contributed by atoms with E-state index in [4.69, 9.17) is 9.47 Å². The fourth-order valence-electron chi connectivity index (χ4n) is 1.54. The van der Waals surface area contributed by atoms with Crippen LogP contribution >= 0.6 is 0 Å². The molecule has 16 heavy (non-hydrogen) atoms. The summed E-state index contributed by atoms with van der Waals surface area (Å²) in [5, 5.41) is 0. The van der Waals surface area contributed by atoms with Crippen molar-refractivity contribution in [3.63, 3.8) is 0 Å². The maximum absolute atomic E-state index is 5.58. The largest absolute Gasteiger partial charge is 0.490 e. The minimum Gasteiger partial charge on any atom is -0.490 e. The van der Waals surface area contributed by atoms with E-state index in [1.165, 1.54) is 5.56 Å². The Labute approximate surface area is 97.6 Å². The molecule has 0 saturated heterocycles. The molecule has 0 spiro atoms. The lowest BCUT2D eigenvalue weighted by Gasteiger charge is -2.14. The van der Waals surface area contributed by atoms with Crippen LogP contribution < -0.4 is 15.2 Å².